The monoisotopic (exact) mass is 303 g/mol. The molecule has 0 spiro atoms. The highest BCUT2D eigenvalue weighted by atomic mass is 16.2. The first kappa shape index (κ1) is 16.5. The normalized spacial score (nSPS) is 19.7. The maximum atomic E-state index is 12.6. The molecule has 5 nitrogen and oxygen atoms in total. The van der Waals surface area contributed by atoms with Gasteiger partial charge < -0.3 is 16.4 Å². The molecule has 4 N–H and O–H groups in total. The number of rotatable bonds is 5. The predicted molar refractivity (Wildman–Crippen MR) is 85.8 cm³/mol. The van der Waals surface area contributed by atoms with Crippen molar-refractivity contribution in [3.8, 4) is 0 Å². The van der Waals surface area contributed by atoms with Crippen LogP contribution in [0.4, 0.5) is 0 Å². The summed E-state index contributed by atoms with van der Waals surface area (Å²) >= 11 is 0. The maximum Gasteiger partial charge on any atom is 0.244 e. The summed E-state index contributed by atoms with van der Waals surface area (Å²) < 4.78 is 0. The number of likely N-dealkylation sites (tertiary alicyclic amines) is 1. The molecular formula is C17H25N3O2. The molecule has 0 aliphatic carbocycles. The molecule has 1 saturated heterocycles. The van der Waals surface area contributed by atoms with Crippen LogP contribution in [0.3, 0.4) is 0 Å². The Morgan fingerprint density at radius 2 is 2.00 bits per heavy atom. The number of benzene rings is 1. The molecule has 2 rings (SSSR count). The molecule has 0 saturated carbocycles. The Bertz CT molecular complexity index is 527. The molecular weight excluding hydrogens is 278 g/mol. The molecule has 1 aromatic carbocycles. The number of nitrogens with two attached hydrogens (primary N) is 2. The van der Waals surface area contributed by atoms with Gasteiger partial charge in [-0.15, -0.1) is 0 Å². The third kappa shape index (κ3) is 4.31. The van der Waals surface area contributed by atoms with Gasteiger partial charge in [0.05, 0.1) is 0 Å². The summed E-state index contributed by atoms with van der Waals surface area (Å²) in [5.41, 5.74) is 13.3. The molecule has 1 aliphatic heterocycles. The van der Waals surface area contributed by atoms with E-state index in [9.17, 15) is 9.59 Å². The second-order valence-corrected chi connectivity index (χ2v) is 6.19. The summed E-state index contributed by atoms with van der Waals surface area (Å²) in [5.74, 6) is 0.0304. The van der Waals surface area contributed by atoms with Crippen LogP contribution in [0.1, 0.15) is 42.9 Å². The van der Waals surface area contributed by atoms with Gasteiger partial charge in [-0.2, -0.15) is 0 Å². The van der Waals surface area contributed by atoms with Gasteiger partial charge in [0.1, 0.15) is 6.04 Å². The van der Waals surface area contributed by atoms with E-state index in [2.05, 4.69) is 0 Å². The van der Waals surface area contributed by atoms with E-state index in [-0.39, 0.29) is 11.8 Å². The molecule has 1 fully saturated rings. The first-order chi connectivity index (χ1) is 10.5. The van der Waals surface area contributed by atoms with Gasteiger partial charge in [-0.05, 0) is 37.7 Å². The zero-order valence-electron chi connectivity index (χ0n) is 13.1. The van der Waals surface area contributed by atoms with Crippen LogP contribution in [-0.4, -0.2) is 29.8 Å². The molecule has 0 bridgehead atoms. The van der Waals surface area contributed by atoms with E-state index in [4.69, 9.17) is 11.5 Å². The van der Waals surface area contributed by atoms with Crippen molar-refractivity contribution in [2.45, 2.75) is 38.6 Å². The predicted octanol–water partition coefficient (Wildman–Crippen LogP) is 1.50. The van der Waals surface area contributed by atoms with Crippen LogP contribution >= 0.6 is 0 Å². The average Bonchev–Trinajstić information content (AvgIpc) is 2.52. The Morgan fingerprint density at radius 1 is 1.32 bits per heavy atom. The fourth-order valence-electron chi connectivity index (χ4n) is 2.96. The van der Waals surface area contributed by atoms with Gasteiger partial charge in [-0.3, -0.25) is 9.59 Å². The zero-order valence-corrected chi connectivity index (χ0v) is 13.1. The van der Waals surface area contributed by atoms with E-state index in [1.165, 1.54) is 0 Å². The molecule has 22 heavy (non-hydrogen) atoms. The molecule has 120 valence electrons. The van der Waals surface area contributed by atoms with E-state index < -0.39 is 6.04 Å². The number of aryl methyl sites for hydroxylation is 1. The van der Waals surface area contributed by atoms with E-state index in [1.54, 1.807) is 0 Å². The van der Waals surface area contributed by atoms with Gasteiger partial charge in [-0.1, -0.05) is 29.8 Å². The van der Waals surface area contributed by atoms with E-state index >= 15 is 0 Å². The maximum absolute atomic E-state index is 12.6. The molecule has 1 heterocycles. The van der Waals surface area contributed by atoms with Crippen molar-refractivity contribution in [3.05, 3.63) is 35.4 Å². The van der Waals surface area contributed by atoms with Crippen LogP contribution in [0.25, 0.3) is 0 Å². The number of piperidine rings is 1. The van der Waals surface area contributed by atoms with E-state index in [0.717, 1.165) is 36.9 Å². The summed E-state index contributed by atoms with van der Waals surface area (Å²) in [4.78, 5) is 25.3. The lowest BCUT2D eigenvalue weighted by molar-refractivity contribution is -0.134. The van der Waals surface area contributed by atoms with E-state index in [1.807, 2.05) is 36.1 Å². The summed E-state index contributed by atoms with van der Waals surface area (Å²) in [6.07, 6.45) is 3.13. The van der Waals surface area contributed by atoms with Crippen molar-refractivity contribution < 1.29 is 9.59 Å². The largest absolute Gasteiger partial charge is 0.370 e. The Hall–Kier alpha value is -1.88. The minimum absolute atomic E-state index is 0.0346. The Kier molecular flexibility index (Phi) is 5.55. The highest BCUT2D eigenvalue weighted by Gasteiger charge is 2.27. The van der Waals surface area contributed by atoms with Crippen molar-refractivity contribution >= 4 is 11.8 Å². The molecule has 0 aromatic heterocycles. The Labute approximate surface area is 131 Å². The minimum Gasteiger partial charge on any atom is -0.370 e. The minimum atomic E-state index is -0.615. The van der Waals surface area contributed by atoms with Crippen molar-refractivity contribution in [1.29, 1.82) is 0 Å². The van der Waals surface area contributed by atoms with Crippen LogP contribution in [0.5, 0.6) is 0 Å². The third-order valence-electron chi connectivity index (χ3n) is 4.33. The standard InChI is InChI=1S/C17H25N3O2/c1-12-4-7-14(8-5-12)16(19)17(22)20-10-2-3-13(11-20)6-9-15(18)21/h4-5,7-8,13,16H,2-3,6,9-11,19H2,1H3,(H2,18,21). The number of nitrogens with zero attached hydrogens (tertiary/aromatic N) is 1. The molecule has 2 unspecified atom stereocenters. The lowest BCUT2D eigenvalue weighted by Crippen LogP contribution is -2.44. The quantitative estimate of drug-likeness (QED) is 0.863. The SMILES string of the molecule is Cc1ccc(C(N)C(=O)N2CCCC(CCC(N)=O)C2)cc1. The van der Waals surface area contributed by atoms with Gasteiger partial charge >= 0.3 is 0 Å². The van der Waals surface area contributed by atoms with Crippen LogP contribution in [0, 0.1) is 12.8 Å². The topological polar surface area (TPSA) is 89.4 Å². The van der Waals surface area contributed by atoms with Crippen LogP contribution < -0.4 is 11.5 Å². The van der Waals surface area contributed by atoms with Gasteiger partial charge in [0.15, 0.2) is 0 Å². The number of hydrogen-bond acceptors (Lipinski definition) is 3. The van der Waals surface area contributed by atoms with Crippen molar-refractivity contribution in [3.63, 3.8) is 0 Å². The molecule has 2 amide bonds. The molecule has 5 heteroatoms. The second kappa shape index (κ2) is 7.40. The Morgan fingerprint density at radius 3 is 2.64 bits per heavy atom. The van der Waals surface area contributed by atoms with Gasteiger partial charge in [0.2, 0.25) is 11.8 Å². The number of amides is 2. The molecule has 2 atom stereocenters. The van der Waals surface area contributed by atoms with Crippen LogP contribution in [-0.2, 0) is 9.59 Å². The van der Waals surface area contributed by atoms with Crippen molar-refractivity contribution in [2.75, 3.05) is 13.1 Å². The summed E-state index contributed by atoms with van der Waals surface area (Å²) in [5, 5.41) is 0. The van der Waals surface area contributed by atoms with Gasteiger partial charge in [0, 0.05) is 19.5 Å². The fraction of sp³-hybridized carbons (Fsp3) is 0.529. The van der Waals surface area contributed by atoms with Crippen molar-refractivity contribution in [1.82, 2.24) is 4.90 Å². The zero-order chi connectivity index (χ0) is 16.1. The highest BCUT2D eigenvalue weighted by molar-refractivity contribution is 5.83. The number of hydrogen-bond donors (Lipinski definition) is 2. The fourth-order valence-corrected chi connectivity index (χ4v) is 2.96. The third-order valence-corrected chi connectivity index (χ3v) is 4.33. The van der Waals surface area contributed by atoms with Gasteiger partial charge in [-0.25, -0.2) is 0 Å². The van der Waals surface area contributed by atoms with E-state index in [0.29, 0.717) is 18.9 Å². The number of primary amides is 1. The number of carbonyl (C=O) groups is 2. The summed E-state index contributed by atoms with van der Waals surface area (Å²) in [6.45, 7) is 3.42. The van der Waals surface area contributed by atoms with Crippen molar-refractivity contribution in [2.24, 2.45) is 17.4 Å². The first-order valence-corrected chi connectivity index (χ1v) is 7.86. The smallest absolute Gasteiger partial charge is 0.244 e. The first-order valence-electron chi connectivity index (χ1n) is 7.86. The lowest BCUT2D eigenvalue weighted by Gasteiger charge is -2.34. The number of carbonyl (C=O) groups excluding carboxylic acids is 2. The van der Waals surface area contributed by atoms with Crippen LogP contribution in [0.2, 0.25) is 0 Å². The van der Waals surface area contributed by atoms with Crippen LogP contribution in [0.15, 0.2) is 24.3 Å². The molecule has 0 radical (unpaired) electrons. The highest BCUT2D eigenvalue weighted by Crippen LogP contribution is 2.23. The summed E-state index contributed by atoms with van der Waals surface area (Å²) in [7, 11) is 0. The van der Waals surface area contributed by atoms with Gasteiger partial charge in [0.25, 0.3) is 0 Å². The molecule has 1 aromatic rings. The average molecular weight is 303 g/mol. The lowest BCUT2D eigenvalue weighted by atomic mass is 9.92. The summed E-state index contributed by atoms with van der Waals surface area (Å²) in [6, 6.07) is 7.14. The molecule has 1 aliphatic rings. The Balaban J connectivity index is 1.96. The second-order valence-electron chi connectivity index (χ2n) is 6.19.